The van der Waals surface area contributed by atoms with Gasteiger partial charge in [0.15, 0.2) is 5.43 Å². The highest BCUT2D eigenvalue weighted by Crippen LogP contribution is 2.27. The molecule has 2 aromatic carbocycles. The summed E-state index contributed by atoms with van der Waals surface area (Å²) in [6, 6.07) is 7.05. The lowest BCUT2D eigenvalue weighted by Crippen LogP contribution is -2.23. The number of pyridine rings is 1. The summed E-state index contributed by atoms with van der Waals surface area (Å²) < 4.78 is 30.9. The first kappa shape index (κ1) is 20.5. The van der Waals surface area contributed by atoms with E-state index in [1.54, 1.807) is 29.8 Å². The van der Waals surface area contributed by atoms with Gasteiger partial charge >= 0.3 is 0 Å². The first-order valence-corrected chi connectivity index (χ1v) is 9.50. The fourth-order valence-electron chi connectivity index (χ4n) is 3.47. The van der Waals surface area contributed by atoms with Crippen molar-refractivity contribution in [1.82, 2.24) is 4.57 Å². The van der Waals surface area contributed by atoms with E-state index in [2.05, 4.69) is 0 Å². The quantitative estimate of drug-likeness (QED) is 0.647. The third-order valence-corrected chi connectivity index (χ3v) is 5.40. The van der Waals surface area contributed by atoms with E-state index in [9.17, 15) is 18.7 Å². The molecule has 0 unspecified atom stereocenters. The third-order valence-electron chi connectivity index (χ3n) is 5.10. The van der Waals surface area contributed by atoms with Gasteiger partial charge in [0.25, 0.3) is 0 Å². The fourth-order valence-corrected chi connectivity index (χ4v) is 3.67. The van der Waals surface area contributed by atoms with Crippen LogP contribution in [0.25, 0.3) is 10.9 Å². The number of aliphatic hydroxyl groups is 1. The van der Waals surface area contributed by atoms with Crippen LogP contribution in [-0.4, -0.2) is 16.3 Å². The van der Waals surface area contributed by atoms with Gasteiger partial charge in [0, 0.05) is 23.6 Å². The predicted molar refractivity (Wildman–Crippen MR) is 108 cm³/mol. The van der Waals surface area contributed by atoms with Gasteiger partial charge in [-0.2, -0.15) is 0 Å². The molecule has 148 valence electrons. The Morgan fingerprint density at radius 3 is 2.54 bits per heavy atom. The number of benzene rings is 2. The molecular formula is C22H22ClF2NO2. The maximum Gasteiger partial charge on any atom is 0.192 e. The summed E-state index contributed by atoms with van der Waals surface area (Å²) in [4.78, 5) is 12.7. The van der Waals surface area contributed by atoms with E-state index in [1.165, 1.54) is 18.2 Å². The summed E-state index contributed by atoms with van der Waals surface area (Å²) in [6.07, 6.45) is 1.64. The highest BCUT2D eigenvalue weighted by atomic mass is 35.5. The summed E-state index contributed by atoms with van der Waals surface area (Å²) in [5.41, 5.74) is 1.18. The Morgan fingerprint density at radius 2 is 1.89 bits per heavy atom. The maximum absolute atomic E-state index is 14.9. The Balaban J connectivity index is 2.21. The Hall–Kier alpha value is -2.24. The number of rotatable bonds is 5. The second-order valence-corrected chi connectivity index (χ2v) is 7.80. The van der Waals surface area contributed by atoms with Crippen LogP contribution in [0.4, 0.5) is 8.78 Å². The minimum Gasteiger partial charge on any atom is -0.394 e. The topological polar surface area (TPSA) is 42.2 Å². The summed E-state index contributed by atoms with van der Waals surface area (Å²) in [5, 5.41) is 10.1. The van der Waals surface area contributed by atoms with Crippen molar-refractivity contribution in [3.05, 3.63) is 80.1 Å². The Labute approximate surface area is 167 Å². The SMILES string of the molecule is Cc1cn([C@H](CO)C(C)C)c2cc(F)c(Cc3cccc(Cl)c3F)cc2c1=O. The van der Waals surface area contributed by atoms with Gasteiger partial charge in [-0.05, 0) is 42.2 Å². The molecule has 0 spiro atoms. The Kier molecular flexibility index (Phi) is 5.87. The zero-order chi connectivity index (χ0) is 20.6. The molecule has 3 nitrogen and oxygen atoms in total. The van der Waals surface area contributed by atoms with Gasteiger partial charge in [-0.25, -0.2) is 8.78 Å². The lowest BCUT2D eigenvalue weighted by Gasteiger charge is -2.25. The van der Waals surface area contributed by atoms with Gasteiger partial charge in [-0.15, -0.1) is 0 Å². The van der Waals surface area contributed by atoms with E-state index in [4.69, 9.17) is 11.6 Å². The molecule has 0 aliphatic carbocycles. The third kappa shape index (κ3) is 3.69. The predicted octanol–water partition coefficient (Wildman–Crippen LogP) is 5.02. The van der Waals surface area contributed by atoms with Crippen molar-refractivity contribution in [2.45, 2.75) is 33.2 Å². The smallest absolute Gasteiger partial charge is 0.192 e. The van der Waals surface area contributed by atoms with Gasteiger partial charge in [-0.3, -0.25) is 4.79 Å². The molecule has 0 fully saturated rings. The first-order valence-electron chi connectivity index (χ1n) is 9.12. The molecule has 0 saturated carbocycles. The number of fused-ring (bicyclic) bond motifs is 1. The molecule has 1 atom stereocenters. The van der Waals surface area contributed by atoms with Crippen LogP contribution in [0.1, 0.15) is 36.6 Å². The second kappa shape index (κ2) is 8.02. The zero-order valence-electron chi connectivity index (χ0n) is 16.0. The second-order valence-electron chi connectivity index (χ2n) is 7.39. The van der Waals surface area contributed by atoms with Crippen molar-refractivity contribution in [2.75, 3.05) is 6.61 Å². The molecule has 0 aliphatic rings. The lowest BCUT2D eigenvalue weighted by atomic mass is 9.99. The van der Waals surface area contributed by atoms with Crippen molar-refractivity contribution >= 4 is 22.5 Å². The molecule has 0 amide bonds. The molecule has 1 N–H and O–H groups in total. The summed E-state index contributed by atoms with van der Waals surface area (Å²) in [5.74, 6) is -1.05. The molecule has 6 heteroatoms. The fraction of sp³-hybridized carbons (Fsp3) is 0.318. The maximum atomic E-state index is 14.9. The van der Waals surface area contributed by atoms with Crippen molar-refractivity contribution in [1.29, 1.82) is 0 Å². The molecule has 28 heavy (non-hydrogen) atoms. The van der Waals surface area contributed by atoms with E-state index in [1.807, 2.05) is 13.8 Å². The molecule has 3 rings (SSSR count). The zero-order valence-corrected chi connectivity index (χ0v) is 16.7. The highest BCUT2D eigenvalue weighted by molar-refractivity contribution is 6.30. The molecular weight excluding hydrogens is 384 g/mol. The Morgan fingerprint density at radius 1 is 1.18 bits per heavy atom. The van der Waals surface area contributed by atoms with Crippen molar-refractivity contribution < 1.29 is 13.9 Å². The van der Waals surface area contributed by atoms with E-state index >= 15 is 0 Å². The van der Waals surface area contributed by atoms with Gasteiger partial charge in [0.2, 0.25) is 0 Å². The number of halogens is 3. The summed E-state index contributed by atoms with van der Waals surface area (Å²) in [6.45, 7) is 5.46. The highest BCUT2D eigenvalue weighted by Gasteiger charge is 2.20. The number of hydrogen-bond acceptors (Lipinski definition) is 2. The standard InChI is InChI=1S/C22H22ClF2NO2/c1-12(2)20(11-27)26-10-13(3)22(28)16-8-15(18(24)9-19(16)26)7-14-5-4-6-17(23)21(14)25/h4-6,8-10,12,20,27H,7,11H2,1-3H3/t20-/m1/s1. The number of aliphatic hydroxyl groups excluding tert-OH is 1. The van der Waals surface area contributed by atoms with Crippen LogP contribution in [0, 0.1) is 24.5 Å². The van der Waals surface area contributed by atoms with Gasteiger partial charge in [0.1, 0.15) is 11.6 Å². The van der Waals surface area contributed by atoms with Gasteiger partial charge in [-0.1, -0.05) is 37.6 Å². The lowest BCUT2D eigenvalue weighted by molar-refractivity contribution is 0.195. The number of aryl methyl sites for hydroxylation is 1. The van der Waals surface area contributed by atoms with E-state index in [-0.39, 0.29) is 46.6 Å². The molecule has 3 aromatic rings. The van der Waals surface area contributed by atoms with Crippen LogP contribution in [0.2, 0.25) is 5.02 Å². The first-order chi connectivity index (χ1) is 13.2. The molecule has 1 aromatic heterocycles. The average Bonchev–Trinajstić information content (AvgIpc) is 2.64. The van der Waals surface area contributed by atoms with Crippen LogP contribution >= 0.6 is 11.6 Å². The van der Waals surface area contributed by atoms with E-state index < -0.39 is 11.6 Å². The molecule has 1 heterocycles. The minimum atomic E-state index is -0.592. The number of aromatic nitrogens is 1. The van der Waals surface area contributed by atoms with Crippen molar-refractivity contribution in [3.8, 4) is 0 Å². The van der Waals surface area contributed by atoms with E-state index in [0.29, 0.717) is 16.5 Å². The van der Waals surface area contributed by atoms with Crippen LogP contribution in [-0.2, 0) is 6.42 Å². The van der Waals surface area contributed by atoms with Crippen molar-refractivity contribution in [2.24, 2.45) is 5.92 Å². The summed E-state index contributed by atoms with van der Waals surface area (Å²) >= 11 is 5.82. The number of hydrogen-bond donors (Lipinski definition) is 1. The van der Waals surface area contributed by atoms with Crippen LogP contribution in [0.15, 0.2) is 41.3 Å². The van der Waals surface area contributed by atoms with Crippen LogP contribution < -0.4 is 5.43 Å². The molecule has 0 saturated heterocycles. The molecule has 0 radical (unpaired) electrons. The van der Waals surface area contributed by atoms with Crippen LogP contribution in [0.3, 0.4) is 0 Å². The van der Waals surface area contributed by atoms with Crippen molar-refractivity contribution in [3.63, 3.8) is 0 Å². The number of nitrogens with zero attached hydrogens (tertiary/aromatic N) is 1. The average molecular weight is 406 g/mol. The van der Waals surface area contributed by atoms with Gasteiger partial charge < -0.3 is 9.67 Å². The van der Waals surface area contributed by atoms with Crippen LogP contribution in [0.5, 0.6) is 0 Å². The van der Waals surface area contributed by atoms with Gasteiger partial charge in [0.05, 0.1) is 23.2 Å². The Bertz CT molecular complexity index is 1090. The van der Waals surface area contributed by atoms with E-state index in [0.717, 1.165) is 0 Å². The molecule has 0 aliphatic heterocycles. The monoisotopic (exact) mass is 405 g/mol. The minimum absolute atomic E-state index is 0.0187. The summed E-state index contributed by atoms with van der Waals surface area (Å²) in [7, 11) is 0. The largest absolute Gasteiger partial charge is 0.394 e. The molecule has 0 bridgehead atoms. The normalized spacial score (nSPS) is 12.7.